The van der Waals surface area contributed by atoms with Crippen molar-refractivity contribution in [3.8, 4) is 0 Å². The standard InChI is InChI=1S/C19H25N/c1-16-9-6-7-14-19(16)18(15-20-2)13-8-12-17-10-4-3-5-11-17/h3-7,9-11,14,18,20H,8,12-13,15H2,1-2H3. The smallest absolute Gasteiger partial charge is 0.00172 e. The first-order valence-corrected chi connectivity index (χ1v) is 7.55. The molecule has 1 atom stereocenters. The topological polar surface area (TPSA) is 12.0 Å². The van der Waals surface area contributed by atoms with Crippen LogP contribution in [0, 0.1) is 6.92 Å². The number of rotatable bonds is 7. The quantitative estimate of drug-likeness (QED) is 0.787. The molecular weight excluding hydrogens is 242 g/mol. The molecule has 1 unspecified atom stereocenters. The molecule has 2 aromatic carbocycles. The highest BCUT2D eigenvalue weighted by atomic mass is 14.8. The summed E-state index contributed by atoms with van der Waals surface area (Å²) in [5.74, 6) is 0.616. The molecule has 0 fully saturated rings. The summed E-state index contributed by atoms with van der Waals surface area (Å²) >= 11 is 0. The maximum Gasteiger partial charge on any atom is 0.00172 e. The predicted octanol–water partition coefficient (Wildman–Crippen LogP) is 4.32. The van der Waals surface area contributed by atoms with Crippen LogP contribution in [0.5, 0.6) is 0 Å². The lowest BCUT2D eigenvalue weighted by Crippen LogP contribution is -2.18. The van der Waals surface area contributed by atoms with Gasteiger partial charge in [0, 0.05) is 6.54 Å². The highest BCUT2D eigenvalue weighted by molar-refractivity contribution is 5.29. The second-order valence-corrected chi connectivity index (χ2v) is 5.49. The van der Waals surface area contributed by atoms with Gasteiger partial charge < -0.3 is 5.32 Å². The van der Waals surface area contributed by atoms with Crippen LogP contribution in [0.4, 0.5) is 0 Å². The third-order valence-corrected chi connectivity index (χ3v) is 3.94. The predicted molar refractivity (Wildman–Crippen MR) is 87.2 cm³/mol. The maximum absolute atomic E-state index is 3.34. The molecule has 0 bridgehead atoms. The van der Waals surface area contributed by atoms with E-state index in [-0.39, 0.29) is 0 Å². The van der Waals surface area contributed by atoms with Gasteiger partial charge in [0.05, 0.1) is 0 Å². The van der Waals surface area contributed by atoms with Gasteiger partial charge >= 0.3 is 0 Å². The Morgan fingerprint density at radius 3 is 2.35 bits per heavy atom. The second kappa shape index (κ2) is 7.86. The van der Waals surface area contributed by atoms with Crippen LogP contribution >= 0.6 is 0 Å². The molecule has 0 spiro atoms. The molecule has 1 N–H and O–H groups in total. The molecule has 0 radical (unpaired) electrons. The molecule has 0 aliphatic heterocycles. The highest BCUT2D eigenvalue weighted by Crippen LogP contribution is 2.24. The lowest BCUT2D eigenvalue weighted by Gasteiger charge is -2.19. The van der Waals surface area contributed by atoms with Gasteiger partial charge in [-0.1, -0.05) is 54.6 Å². The fourth-order valence-electron chi connectivity index (χ4n) is 2.86. The summed E-state index contributed by atoms with van der Waals surface area (Å²) in [6.07, 6.45) is 3.65. The van der Waals surface area contributed by atoms with Crippen molar-refractivity contribution in [2.75, 3.05) is 13.6 Å². The fourth-order valence-corrected chi connectivity index (χ4v) is 2.86. The SMILES string of the molecule is CNCC(CCCc1ccccc1)c1ccccc1C. The van der Waals surface area contributed by atoms with Gasteiger partial charge in [0.25, 0.3) is 0 Å². The van der Waals surface area contributed by atoms with Crippen LogP contribution in [0.25, 0.3) is 0 Å². The summed E-state index contributed by atoms with van der Waals surface area (Å²) < 4.78 is 0. The third-order valence-electron chi connectivity index (χ3n) is 3.94. The Labute approximate surface area is 123 Å². The molecule has 2 rings (SSSR count). The third kappa shape index (κ3) is 4.21. The number of hydrogen-bond donors (Lipinski definition) is 1. The zero-order valence-electron chi connectivity index (χ0n) is 12.6. The molecular formula is C19H25N. The van der Waals surface area contributed by atoms with E-state index in [2.05, 4.69) is 66.8 Å². The summed E-state index contributed by atoms with van der Waals surface area (Å²) in [6, 6.07) is 19.6. The first-order chi connectivity index (χ1) is 9.81. The summed E-state index contributed by atoms with van der Waals surface area (Å²) in [6.45, 7) is 3.27. The molecule has 0 aliphatic carbocycles. The van der Waals surface area contributed by atoms with E-state index in [4.69, 9.17) is 0 Å². The molecule has 0 amide bonds. The van der Waals surface area contributed by atoms with E-state index in [1.54, 1.807) is 0 Å². The number of nitrogens with one attached hydrogen (secondary N) is 1. The van der Waals surface area contributed by atoms with Crippen molar-refractivity contribution in [1.82, 2.24) is 5.32 Å². The van der Waals surface area contributed by atoms with Crippen LogP contribution in [0.1, 0.15) is 35.4 Å². The minimum atomic E-state index is 0.616. The number of benzene rings is 2. The molecule has 1 nitrogen and oxygen atoms in total. The Morgan fingerprint density at radius 2 is 1.65 bits per heavy atom. The normalized spacial score (nSPS) is 12.3. The second-order valence-electron chi connectivity index (χ2n) is 5.49. The largest absolute Gasteiger partial charge is 0.319 e. The van der Waals surface area contributed by atoms with E-state index >= 15 is 0 Å². The molecule has 0 saturated heterocycles. The Morgan fingerprint density at radius 1 is 0.950 bits per heavy atom. The van der Waals surface area contributed by atoms with Crippen LogP contribution in [-0.4, -0.2) is 13.6 Å². The Balaban J connectivity index is 1.95. The zero-order valence-corrected chi connectivity index (χ0v) is 12.6. The molecule has 0 aliphatic rings. The Kier molecular flexibility index (Phi) is 5.82. The van der Waals surface area contributed by atoms with E-state index in [0.29, 0.717) is 5.92 Å². The monoisotopic (exact) mass is 267 g/mol. The summed E-state index contributed by atoms with van der Waals surface area (Å²) in [5, 5.41) is 3.34. The zero-order chi connectivity index (χ0) is 14.2. The molecule has 0 heterocycles. The number of hydrogen-bond acceptors (Lipinski definition) is 1. The first kappa shape index (κ1) is 14.8. The van der Waals surface area contributed by atoms with E-state index in [0.717, 1.165) is 6.54 Å². The van der Waals surface area contributed by atoms with Gasteiger partial charge in [-0.05, 0) is 55.8 Å². The molecule has 20 heavy (non-hydrogen) atoms. The molecule has 0 saturated carbocycles. The van der Waals surface area contributed by atoms with Gasteiger partial charge in [-0.3, -0.25) is 0 Å². The van der Waals surface area contributed by atoms with Crippen LogP contribution in [-0.2, 0) is 6.42 Å². The lowest BCUT2D eigenvalue weighted by atomic mass is 9.89. The van der Waals surface area contributed by atoms with Gasteiger partial charge in [-0.15, -0.1) is 0 Å². The maximum atomic E-state index is 3.34. The van der Waals surface area contributed by atoms with Crippen molar-refractivity contribution in [2.24, 2.45) is 0 Å². The van der Waals surface area contributed by atoms with E-state index < -0.39 is 0 Å². The Hall–Kier alpha value is -1.60. The average molecular weight is 267 g/mol. The van der Waals surface area contributed by atoms with E-state index in [1.165, 1.54) is 36.0 Å². The highest BCUT2D eigenvalue weighted by Gasteiger charge is 2.12. The summed E-state index contributed by atoms with van der Waals surface area (Å²) in [7, 11) is 2.04. The van der Waals surface area contributed by atoms with Crippen molar-refractivity contribution in [2.45, 2.75) is 32.1 Å². The molecule has 0 aromatic heterocycles. The van der Waals surface area contributed by atoms with Gasteiger partial charge in [-0.2, -0.15) is 0 Å². The van der Waals surface area contributed by atoms with Crippen LogP contribution in [0.15, 0.2) is 54.6 Å². The van der Waals surface area contributed by atoms with Gasteiger partial charge in [0.15, 0.2) is 0 Å². The minimum absolute atomic E-state index is 0.616. The molecule has 2 aromatic rings. The van der Waals surface area contributed by atoms with Crippen molar-refractivity contribution in [3.63, 3.8) is 0 Å². The summed E-state index contributed by atoms with van der Waals surface area (Å²) in [4.78, 5) is 0. The first-order valence-electron chi connectivity index (χ1n) is 7.55. The molecule has 1 heteroatoms. The van der Waals surface area contributed by atoms with Crippen LogP contribution in [0.2, 0.25) is 0 Å². The van der Waals surface area contributed by atoms with E-state index in [9.17, 15) is 0 Å². The average Bonchev–Trinajstić information content (AvgIpc) is 2.48. The van der Waals surface area contributed by atoms with Crippen molar-refractivity contribution >= 4 is 0 Å². The van der Waals surface area contributed by atoms with Gasteiger partial charge in [0.2, 0.25) is 0 Å². The van der Waals surface area contributed by atoms with Gasteiger partial charge in [0.1, 0.15) is 0 Å². The van der Waals surface area contributed by atoms with Crippen molar-refractivity contribution in [3.05, 3.63) is 71.3 Å². The van der Waals surface area contributed by atoms with Gasteiger partial charge in [-0.25, -0.2) is 0 Å². The number of aryl methyl sites for hydroxylation is 2. The molecule has 106 valence electrons. The van der Waals surface area contributed by atoms with Crippen LogP contribution in [0.3, 0.4) is 0 Å². The van der Waals surface area contributed by atoms with Crippen LogP contribution < -0.4 is 5.32 Å². The lowest BCUT2D eigenvalue weighted by molar-refractivity contribution is 0.558. The van der Waals surface area contributed by atoms with Crippen molar-refractivity contribution in [1.29, 1.82) is 0 Å². The van der Waals surface area contributed by atoms with Crippen molar-refractivity contribution < 1.29 is 0 Å². The minimum Gasteiger partial charge on any atom is -0.319 e. The Bertz CT molecular complexity index is 504. The number of likely N-dealkylation sites (N-methyl/N-ethyl adjacent to an activating group) is 1. The van der Waals surface area contributed by atoms with E-state index in [1.807, 2.05) is 7.05 Å². The summed E-state index contributed by atoms with van der Waals surface area (Å²) in [5.41, 5.74) is 4.35. The fraction of sp³-hybridized carbons (Fsp3) is 0.368.